The van der Waals surface area contributed by atoms with E-state index in [0.29, 0.717) is 50.6 Å². The molecule has 2 aliphatic heterocycles. The number of ether oxygens (including phenoxy) is 4. The van der Waals surface area contributed by atoms with E-state index in [4.69, 9.17) is 18.9 Å². The SMILES string of the molecule is COc1ccc(CCOC(=O)C2CCN(S(=O)(=O)c3ccc4c(c3)OCCO4)CC2)cc1. The summed E-state index contributed by atoms with van der Waals surface area (Å²) in [6.45, 7) is 1.68. The highest BCUT2D eigenvalue weighted by Crippen LogP contribution is 2.34. The third-order valence-corrected chi connectivity index (χ3v) is 7.63. The summed E-state index contributed by atoms with van der Waals surface area (Å²) in [5.41, 5.74) is 1.05. The third-order valence-electron chi connectivity index (χ3n) is 5.73. The molecule has 9 heteroatoms. The van der Waals surface area contributed by atoms with Crippen molar-refractivity contribution in [2.75, 3.05) is 40.0 Å². The van der Waals surface area contributed by atoms with Crippen LogP contribution in [0.1, 0.15) is 18.4 Å². The van der Waals surface area contributed by atoms with Gasteiger partial charge in [0, 0.05) is 25.6 Å². The molecule has 8 nitrogen and oxygen atoms in total. The highest BCUT2D eigenvalue weighted by atomic mass is 32.2. The van der Waals surface area contributed by atoms with Crippen molar-refractivity contribution in [3.05, 3.63) is 48.0 Å². The van der Waals surface area contributed by atoms with Crippen LogP contribution in [0.25, 0.3) is 0 Å². The lowest BCUT2D eigenvalue weighted by atomic mass is 9.98. The quantitative estimate of drug-likeness (QED) is 0.586. The zero-order chi connectivity index (χ0) is 22.6. The molecular weight excluding hydrogens is 434 g/mol. The maximum atomic E-state index is 13.0. The molecular formula is C23H27NO7S. The van der Waals surface area contributed by atoms with Crippen molar-refractivity contribution in [3.63, 3.8) is 0 Å². The van der Waals surface area contributed by atoms with Crippen molar-refractivity contribution in [2.24, 2.45) is 5.92 Å². The van der Waals surface area contributed by atoms with E-state index < -0.39 is 10.0 Å². The maximum absolute atomic E-state index is 13.0. The maximum Gasteiger partial charge on any atom is 0.309 e. The second-order valence-electron chi connectivity index (χ2n) is 7.75. The first kappa shape index (κ1) is 22.4. The number of sulfonamides is 1. The Kier molecular flexibility index (Phi) is 6.86. The van der Waals surface area contributed by atoms with Crippen molar-refractivity contribution >= 4 is 16.0 Å². The van der Waals surface area contributed by atoms with Gasteiger partial charge in [-0.3, -0.25) is 4.79 Å². The number of methoxy groups -OCH3 is 1. The third kappa shape index (κ3) is 4.99. The predicted octanol–water partition coefficient (Wildman–Crippen LogP) is 2.65. The highest BCUT2D eigenvalue weighted by Gasteiger charge is 2.33. The Morgan fingerprint density at radius 3 is 2.41 bits per heavy atom. The zero-order valence-corrected chi connectivity index (χ0v) is 18.8. The molecule has 1 saturated heterocycles. The van der Waals surface area contributed by atoms with Gasteiger partial charge in [0.1, 0.15) is 19.0 Å². The van der Waals surface area contributed by atoms with Crippen LogP contribution in [0.4, 0.5) is 0 Å². The van der Waals surface area contributed by atoms with Crippen molar-refractivity contribution in [3.8, 4) is 17.2 Å². The van der Waals surface area contributed by atoms with Crippen molar-refractivity contribution < 1.29 is 32.2 Å². The number of hydrogen-bond acceptors (Lipinski definition) is 7. The summed E-state index contributed by atoms with van der Waals surface area (Å²) >= 11 is 0. The van der Waals surface area contributed by atoms with Gasteiger partial charge in [0.25, 0.3) is 0 Å². The average molecular weight is 462 g/mol. The van der Waals surface area contributed by atoms with Crippen molar-refractivity contribution in [2.45, 2.75) is 24.2 Å². The van der Waals surface area contributed by atoms with Crippen LogP contribution in [0.15, 0.2) is 47.4 Å². The molecule has 32 heavy (non-hydrogen) atoms. The van der Waals surface area contributed by atoms with Gasteiger partial charge in [-0.15, -0.1) is 0 Å². The van der Waals surface area contributed by atoms with E-state index in [9.17, 15) is 13.2 Å². The first-order valence-electron chi connectivity index (χ1n) is 10.7. The van der Waals surface area contributed by atoms with Crippen LogP contribution in [0, 0.1) is 5.92 Å². The van der Waals surface area contributed by atoms with Gasteiger partial charge >= 0.3 is 5.97 Å². The van der Waals surface area contributed by atoms with Crippen LogP contribution >= 0.6 is 0 Å². The standard InChI is InChI=1S/C23H27NO7S/c1-28-19-4-2-17(3-5-19)10-13-31-23(25)18-8-11-24(12-9-18)32(26,27)20-6-7-21-22(16-20)30-15-14-29-21/h2-7,16,18H,8-15H2,1H3. The number of benzene rings is 2. The number of carbonyl (C=O) groups is 1. The number of carbonyl (C=O) groups excluding carboxylic acids is 1. The lowest BCUT2D eigenvalue weighted by Crippen LogP contribution is -2.40. The normalized spacial score (nSPS) is 17.0. The van der Waals surface area contributed by atoms with Crippen LogP contribution in [-0.2, 0) is 26.0 Å². The highest BCUT2D eigenvalue weighted by molar-refractivity contribution is 7.89. The fraction of sp³-hybridized carbons (Fsp3) is 0.435. The molecule has 0 unspecified atom stereocenters. The molecule has 2 aromatic carbocycles. The van der Waals surface area contributed by atoms with E-state index in [2.05, 4.69) is 0 Å². The molecule has 0 spiro atoms. The Morgan fingerprint density at radius 1 is 1.03 bits per heavy atom. The number of rotatable bonds is 7. The second-order valence-corrected chi connectivity index (χ2v) is 9.69. The lowest BCUT2D eigenvalue weighted by molar-refractivity contribution is -0.149. The topological polar surface area (TPSA) is 91.4 Å². The molecule has 4 rings (SSSR count). The first-order valence-corrected chi connectivity index (χ1v) is 12.1. The van der Waals surface area contributed by atoms with Crippen LogP contribution in [0.3, 0.4) is 0 Å². The van der Waals surface area contributed by atoms with Crippen LogP contribution in [0.5, 0.6) is 17.2 Å². The average Bonchev–Trinajstić information content (AvgIpc) is 2.84. The first-order chi connectivity index (χ1) is 15.5. The summed E-state index contributed by atoms with van der Waals surface area (Å²) in [5.74, 6) is 1.20. The predicted molar refractivity (Wildman–Crippen MR) is 117 cm³/mol. The monoisotopic (exact) mass is 461 g/mol. The molecule has 2 aliphatic rings. The summed E-state index contributed by atoms with van der Waals surface area (Å²) < 4.78 is 49.0. The second kappa shape index (κ2) is 9.79. The van der Waals surface area contributed by atoms with Gasteiger partial charge in [0.05, 0.1) is 24.5 Å². The number of hydrogen-bond donors (Lipinski definition) is 0. The van der Waals surface area contributed by atoms with Gasteiger partial charge in [-0.25, -0.2) is 8.42 Å². The Bertz CT molecular complexity index is 1040. The van der Waals surface area contributed by atoms with Crippen LogP contribution in [0.2, 0.25) is 0 Å². The summed E-state index contributed by atoms with van der Waals surface area (Å²) in [6.07, 6.45) is 1.49. The Hall–Kier alpha value is -2.78. The molecule has 0 radical (unpaired) electrons. The minimum Gasteiger partial charge on any atom is -0.497 e. The summed E-state index contributed by atoms with van der Waals surface area (Å²) in [7, 11) is -2.05. The number of nitrogens with zero attached hydrogens (tertiary/aromatic N) is 1. The largest absolute Gasteiger partial charge is 0.497 e. The van der Waals surface area contributed by atoms with E-state index in [0.717, 1.165) is 11.3 Å². The van der Waals surface area contributed by atoms with Crippen LogP contribution < -0.4 is 14.2 Å². The number of piperidine rings is 1. The molecule has 172 valence electrons. The van der Waals surface area contributed by atoms with Gasteiger partial charge in [-0.2, -0.15) is 4.31 Å². The minimum absolute atomic E-state index is 0.169. The van der Waals surface area contributed by atoms with Crippen molar-refractivity contribution in [1.29, 1.82) is 0 Å². The molecule has 0 N–H and O–H groups in total. The minimum atomic E-state index is -3.67. The van der Waals surface area contributed by atoms with E-state index in [1.54, 1.807) is 13.2 Å². The zero-order valence-electron chi connectivity index (χ0n) is 18.0. The van der Waals surface area contributed by atoms with Gasteiger partial charge in [-0.1, -0.05) is 12.1 Å². The molecule has 0 aliphatic carbocycles. The summed E-state index contributed by atoms with van der Waals surface area (Å²) in [4.78, 5) is 12.6. The molecule has 1 fully saturated rings. The lowest BCUT2D eigenvalue weighted by Gasteiger charge is -2.30. The molecule has 0 aromatic heterocycles. The number of esters is 1. The van der Waals surface area contributed by atoms with E-state index >= 15 is 0 Å². The molecule has 0 amide bonds. The van der Waals surface area contributed by atoms with Crippen LogP contribution in [-0.4, -0.2) is 58.7 Å². The fourth-order valence-electron chi connectivity index (χ4n) is 3.84. The van der Waals surface area contributed by atoms with E-state index in [1.807, 2.05) is 24.3 Å². The Morgan fingerprint density at radius 2 is 1.72 bits per heavy atom. The van der Waals surface area contributed by atoms with Crippen molar-refractivity contribution in [1.82, 2.24) is 4.31 Å². The summed E-state index contributed by atoms with van der Waals surface area (Å²) in [6, 6.07) is 12.3. The molecule has 0 saturated carbocycles. The molecule has 2 heterocycles. The van der Waals surface area contributed by atoms with Gasteiger partial charge in [0.15, 0.2) is 11.5 Å². The Balaban J connectivity index is 1.27. The number of fused-ring (bicyclic) bond motifs is 1. The van der Waals surface area contributed by atoms with Gasteiger partial charge < -0.3 is 18.9 Å². The van der Waals surface area contributed by atoms with Gasteiger partial charge in [0.2, 0.25) is 10.0 Å². The van der Waals surface area contributed by atoms with Gasteiger partial charge in [-0.05, 0) is 42.7 Å². The fourth-order valence-corrected chi connectivity index (χ4v) is 5.33. The van der Waals surface area contributed by atoms with E-state index in [-0.39, 0.29) is 29.9 Å². The smallest absolute Gasteiger partial charge is 0.309 e. The molecule has 2 aromatic rings. The summed E-state index contributed by atoms with van der Waals surface area (Å²) in [5, 5.41) is 0. The molecule has 0 atom stereocenters. The van der Waals surface area contributed by atoms with E-state index in [1.165, 1.54) is 16.4 Å². The molecule has 0 bridgehead atoms. The Labute approximate surface area is 188 Å².